The molecule has 1 amide bonds. The molecule has 1 aromatic rings. The maximum atomic E-state index is 12.0. The fourth-order valence-electron chi connectivity index (χ4n) is 2.16. The van der Waals surface area contributed by atoms with Crippen molar-refractivity contribution in [2.75, 3.05) is 18.4 Å². The highest BCUT2D eigenvalue weighted by Crippen LogP contribution is 2.31. The quantitative estimate of drug-likeness (QED) is 0.892. The lowest BCUT2D eigenvalue weighted by Crippen LogP contribution is -2.26. The van der Waals surface area contributed by atoms with Crippen LogP contribution in [0.2, 0.25) is 0 Å². The summed E-state index contributed by atoms with van der Waals surface area (Å²) in [6.45, 7) is 8.24. The highest BCUT2D eigenvalue weighted by Gasteiger charge is 2.20. The third-order valence-corrected chi connectivity index (χ3v) is 4.98. The fraction of sp³-hybridized carbons (Fsp3) is 0.714. The molecule has 1 aliphatic rings. The van der Waals surface area contributed by atoms with E-state index in [2.05, 4.69) is 29.5 Å². The molecular weight excluding hydrogens is 258 g/mol. The fourth-order valence-corrected chi connectivity index (χ4v) is 3.15. The minimum atomic E-state index is 0.0197. The van der Waals surface area contributed by atoms with Crippen molar-refractivity contribution in [1.29, 1.82) is 0 Å². The van der Waals surface area contributed by atoms with Crippen LogP contribution in [0.5, 0.6) is 0 Å². The molecule has 0 radical (unpaired) electrons. The average Bonchev–Trinajstić information content (AvgIpc) is 2.87. The molecule has 0 saturated carbocycles. The first kappa shape index (κ1) is 14.5. The van der Waals surface area contributed by atoms with Crippen molar-refractivity contribution >= 4 is 22.4 Å². The van der Waals surface area contributed by atoms with Gasteiger partial charge in [0.15, 0.2) is 5.13 Å². The van der Waals surface area contributed by atoms with Crippen molar-refractivity contribution in [1.82, 2.24) is 10.3 Å². The Morgan fingerprint density at radius 1 is 1.42 bits per heavy atom. The maximum Gasteiger partial charge on any atom is 0.229 e. The first-order valence-electron chi connectivity index (χ1n) is 7.05. The summed E-state index contributed by atoms with van der Waals surface area (Å²) in [6.07, 6.45) is 4.26. The Balaban J connectivity index is 1.95. The van der Waals surface area contributed by atoms with E-state index in [0.29, 0.717) is 11.8 Å². The number of piperidine rings is 1. The van der Waals surface area contributed by atoms with Gasteiger partial charge in [-0.1, -0.05) is 20.8 Å². The van der Waals surface area contributed by atoms with Crippen LogP contribution in [0, 0.1) is 11.8 Å². The van der Waals surface area contributed by atoms with E-state index < -0.39 is 0 Å². The highest BCUT2D eigenvalue weighted by atomic mass is 32.1. The zero-order valence-corrected chi connectivity index (χ0v) is 12.7. The van der Waals surface area contributed by atoms with Gasteiger partial charge in [0.1, 0.15) is 0 Å². The van der Waals surface area contributed by atoms with E-state index in [0.717, 1.165) is 31.1 Å². The molecule has 1 unspecified atom stereocenters. The molecular formula is C14H23N3OS. The molecule has 1 aromatic heterocycles. The van der Waals surface area contributed by atoms with Crippen LogP contribution in [0.3, 0.4) is 0 Å². The van der Waals surface area contributed by atoms with Crippen LogP contribution in [0.1, 0.15) is 44.4 Å². The number of hydrogen-bond donors (Lipinski definition) is 2. The third kappa shape index (κ3) is 3.76. The minimum Gasteiger partial charge on any atom is -0.317 e. The molecule has 19 heavy (non-hydrogen) atoms. The van der Waals surface area contributed by atoms with Gasteiger partial charge in [-0.25, -0.2) is 4.98 Å². The van der Waals surface area contributed by atoms with Crippen molar-refractivity contribution in [3.8, 4) is 0 Å². The molecule has 2 rings (SSSR count). The molecule has 1 atom stereocenters. The van der Waals surface area contributed by atoms with E-state index >= 15 is 0 Å². The number of thiazole rings is 1. The van der Waals surface area contributed by atoms with Gasteiger partial charge in [0.2, 0.25) is 5.91 Å². The molecule has 5 heteroatoms. The zero-order valence-electron chi connectivity index (χ0n) is 11.9. The van der Waals surface area contributed by atoms with E-state index in [1.165, 1.54) is 4.88 Å². The normalized spacial score (nSPS) is 18.5. The number of aromatic nitrogens is 1. The summed E-state index contributed by atoms with van der Waals surface area (Å²) in [4.78, 5) is 17.6. The second-order valence-electron chi connectivity index (χ2n) is 5.61. The van der Waals surface area contributed by atoms with Crippen molar-refractivity contribution in [2.24, 2.45) is 11.8 Å². The molecule has 0 aliphatic carbocycles. The SMILES string of the molecule is CC(C)C(C)C(=O)Nc1ncc(C2CCNCC2)s1. The Hall–Kier alpha value is -0.940. The van der Waals surface area contributed by atoms with Gasteiger partial charge in [0.25, 0.3) is 0 Å². The lowest BCUT2D eigenvalue weighted by atomic mass is 9.97. The predicted octanol–water partition coefficient (Wildman–Crippen LogP) is 2.84. The van der Waals surface area contributed by atoms with Crippen molar-refractivity contribution in [2.45, 2.75) is 39.5 Å². The standard InChI is InChI=1S/C14H23N3OS/c1-9(2)10(3)13(18)17-14-16-8-12(19-14)11-4-6-15-7-5-11/h8-11,15H,4-7H2,1-3H3,(H,16,17,18). The second-order valence-corrected chi connectivity index (χ2v) is 6.68. The lowest BCUT2D eigenvalue weighted by Gasteiger charge is -2.20. The largest absolute Gasteiger partial charge is 0.317 e. The first-order chi connectivity index (χ1) is 9.08. The van der Waals surface area contributed by atoms with Crippen LogP contribution < -0.4 is 10.6 Å². The molecule has 1 aliphatic heterocycles. The number of carbonyl (C=O) groups is 1. The monoisotopic (exact) mass is 281 g/mol. The van der Waals surface area contributed by atoms with E-state index in [1.807, 2.05) is 13.1 Å². The van der Waals surface area contributed by atoms with Crippen molar-refractivity contribution in [3.63, 3.8) is 0 Å². The number of hydrogen-bond acceptors (Lipinski definition) is 4. The number of carbonyl (C=O) groups excluding carboxylic acids is 1. The summed E-state index contributed by atoms with van der Waals surface area (Å²) in [5, 5.41) is 7.04. The van der Waals surface area contributed by atoms with Crippen LogP contribution in [-0.2, 0) is 4.79 Å². The summed E-state index contributed by atoms with van der Waals surface area (Å²) >= 11 is 1.63. The molecule has 2 heterocycles. The molecule has 4 nitrogen and oxygen atoms in total. The summed E-state index contributed by atoms with van der Waals surface area (Å²) < 4.78 is 0. The minimum absolute atomic E-state index is 0.0197. The van der Waals surface area contributed by atoms with Gasteiger partial charge in [0.05, 0.1) is 0 Å². The van der Waals surface area contributed by atoms with E-state index in [4.69, 9.17) is 0 Å². The van der Waals surface area contributed by atoms with Gasteiger partial charge in [-0.3, -0.25) is 4.79 Å². The lowest BCUT2D eigenvalue weighted by molar-refractivity contribution is -0.120. The first-order valence-corrected chi connectivity index (χ1v) is 7.87. The molecule has 2 N–H and O–H groups in total. The molecule has 1 fully saturated rings. The van der Waals surface area contributed by atoms with E-state index in [-0.39, 0.29) is 11.8 Å². The van der Waals surface area contributed by atoms with Gasteiger partial charge >= 0.3 is 0 Å². The maximum absolute atomic E-state index is 12.0. The summed E-state index contributed by atoms with van der Waals surface area (Å²) in [5.41, 5.74) is 0. The predicted molar refractivity (Wildman–Crippen MR) is 79.6 cm³/mol. The number of rotatable bonds is 4. The van der Waals surface area contributed by atoms with Gasteiger partial charge < -0.3 is 10.6 Å². The number of nitrogens with zero attached hydrogens (tertiary/aromatic N) is 1. The zero-order chi connectivity index (χ0) is 13.8. The topological polar surface area (TPSA) is 54.0 Å². The highest BCUT2D eigenvalue weighted by molar-refractivity contribution is 7.15. The van der Waals surface area contributed by atoms with Gasteiger partial charge in [-0.2, -0.15) is 0 Å². The third-order valence-electron chi connectivity index (χ3n) is 3.91. The number of anilines is 1. The Morgan fingerprint density at radius 3 is 2.74 bits per heavy atom. The van der Waals surface area contributed by atoms with Crippen LogP contribution >= 0.6 is 11.3 Å². The van der Waals surface area contributed by atoms with Crippen LogP contribution in [0.4, 0.5) is 5.13 Å². The Morgan fingerprint density at radius 2 is 2.11 bits per heavy atom. The smallest absolute Gasteiger partial charge is 0.229 e. The molecule has 106 valence electrons. The summed E-state index contributed by atoms with van der Waals surface area (Å²) in [6, 6.07) is 0. The Kier molecular flexibility index (Phi) is 4.93. The summed E-state index contributed by atoms with van der Waals surface area (Å²) in [5.74, 6) is 1.04. The molecule has 0 spiro atoms. The number of amides is 1. The Bertz CT molecular complexity index is 424. The molecule has 1 saturated heterocycles. The van der Waals surface area contributed by atoms with Gasteiger partial charge in [0, 0.05) is 17.0 Å². The van der Waals surface area contributed by atoms with Crippen LogP contribution in [0.25, 0.3) is 0 Å². The van der Waals surface area contributed by atoms with E-state index in [1.54, 1.807) is 11.3 Å². The van der Waals surface area contributed by atoms with Crippen LogP contribution in [0.15, 0.2) is 6.20 Å². The molecule has 0 bridgehead atoms. The molecule has 0 aromatic carbocycles. The average molecular weight is 281 g/mol. The second kappa shape index (κ2) is 6.48. The van der Waals surface area contributed by atoms with Crippen molar-refractivity contribution < 1.29 is 4.79 Å². The van der Waals surface area contributed by atoms with Crippen molar-refractivity contribution in [3.05, 3.63) is 11.1 Å². The van der Waals surface area contributed by atoms with Gasteiger partial charge in [-0.15, -0.1) is 11.3 Å². The number of nitrogens with one attached hydrogen (secondary N) is 2. The van der Waals surface area contributed by atoms with Gasteiger partial charge in [-0.05, 0) is 37.8 Å². The van der Waals surface area contributed by atoms with Crippen LogP contribution in [-0.4, -0.2) is 24.0 Å². The van der Waals surface area contributed by atoms with E-state index in [9.17, 15) is 4.79 Å². The Labute approximate surface area is 119 Å². The summed E-state index contributed by atoms with van der Waals surface area (Å²) in [7, 11) is 0.